The number of aromatic nitrogens is 1. The molecular formula is C27H29Cl2N3O4S. The fourth-order valence-corrected chi connectivity index (χ4v) is 6.89. The summed E-state index contributed by atoms with van der Waals surface area (Å²) >= 11 is 13.7. The molecule has 1 unspecified atom stereocenters. The van der Waals surface area contributed by atoms with Crippen molar-refractivity contribution in [1.29, 1.82) is 0 Å². The molecule has 2 atom stereocenters. The lowest BCUT2D eigenvalue weighted by Crippen LogP contribution is -2.62. The number of thioether (sulfide) groups is 1. The Kier molecular flexibility index (Phi) is 8.61. The molecule has 0 aliphatic heterocycles. The Balaban J connectivity index is 1.51. The molecule has 0 saturated heterocycles. The molecule has 2 aromatic rings. The third-order valence-electron chi connectivity index (χ3n) is 6.87. The van der Waals surface area contributed by atoms with Crippen LogP contribution in [0.25, 0.3) is 0 Å². The summed E-state index contributed by atoms with van der Waals surface area (Å²) < 4.78 is 0. The SMILES string of the molecule is CC(C)SC1C(=O)C2(CCCCC2)C1=N[C@@H](Cc1ccc(NC(=O)c2c(Cl)cncc2Cl)cc1)C(=O)O. The number of amides is 1. The average molecular weight is 563 g/mol. The molecule has 2 aliphatic rings. The number of hydrogen-bond donors (Lipinski definition) is 2. The Morgan fingerprint density at radius 1 is 1.14 bits per heavy atom. The number of aliphatic imine (C=N–C) groups is 1. The second-order valence-corrected chi connectivity index (χ2v) is 12.3. The summed E-state index contributed by atoms with van der Waals surface area (Å²) in [6.07, 6.45) is 7.40. The van der Waals surface area contributed by atoms with E-state index in [1.165, 1.54) is 12.4 Å². The van der Waals surface area contributed by atoms with Gasteiger partial charge in [0.1, 0.15) is 5.25 Å². The molecule has 1 aromatic heterocycles. The van der Waals surface area contributed by atoms with Crippen molar-refractivity contribution in [1.82, 2.24) is 4.98 Å². The first-order chi connectivity index (χ1) is 17.6. The Hall–Kier alpha value is -2.42. The fourth-order valence-electron chi connectivity index (χ4n) is 5.05. The van der Waals surface area contributed by atoms with Gasteiger partial charge in [0, 0.05) is 35.5 Å². The summed E-state index contributed by atoms with van der Waals surface area (Å²) in [6, 6.07) is 5.89. The zero-order valence-corrected chi connectivity index (χ0v) is 23.0. The maximum atomic E-state index is 13.2. The van der Waals surface area contributed by atoms with Crippen LogP contribution >= 0.6 is 35.0 Å². The van der Waals surface area contributed by atoms with Crippen LogP contribution in [-0.2, 0) is 16.0 Å². The van der Waals surface area contributed by atoms with E-state index in [4.69, 9.17) is 28.2 Å². The number of aliphatic carboxylic acids is 1. The second kappa shape index (κ2) is 11.5. The van der Waals surface area contributed by atoms with E-state index in [1.54, 1.807) is 36.0 Å². The first kappa shape index (κ1) is 27.6. The van der Waals surface area contributed by atoms with Crippen molar-refractivity contribution < 1.29 is 19.5 Å². The van der Waals surface area contributed by atoms with Gasteiger partial charge in [-0.2, -0.15) is 0 Å². The van der Waals surface area contributed by atoms with E-state index in [9.17, 15) is 19.5 Å². The van der Waals surface area contributed by atoms with Gasteiger partial charge in [-0.3, -0.25) is 19.6 Å². The van der Waals surface area contributed by atoms with Gasteiger partial charge in [0.25, 0.3) is 5.91 Å². The molecule has 1 aromatic carbocycles. The van der Waals surface area contributed by atoms with E-state index in [-0.39, 0.29) is 38.3 Å². The predicted molar refractivity (Wildman–Crippen MR) is 148 cm³/mol. The number of Topliss-reactive ketones (excluding diaryl/α,β-unsaturated/α-hetero) is 1. The molecule has 196 valence electrons. The third-order valence-corrected chi connectivity index (χ3v) is 8.69. The van der Waals surface area contributed by atoms with Crippen LogP contribution in [0.15, 0.2) is 41.7 Å². The maximum absolute atomic E-state index is 13.2. The number of carbonyl (C=O) groups excluding carboxylic acids is 2. The van der Waals surface area contributed by atoms with E-state index in [1.807, 2.05) is 13.8 Å². The number of anilines is 1. The van der Waals surface area contributed by atoms with Crippen molar-refractivity contribution in [3.63, 3.8) is 0 Å². The molecule has 37 heavy (non-hydrogen) atoms. The van der Waals surface area contributed by atoms with Crippen LogP contribution < -0.4 is 5.32 Å². The van der Waals surface area contributed by atoms with Gasteiger partial charge in [-0.05, 0) is 30.5 Å². The number of nitrogens with zero attached hydrogens (tertiary/aromatic N) is 2. The Morgan fingerprint density at radius 2 is 1.76 bits per heavy atom. The monoisotopic (exact) mass is 561 g/mol. The summed E-state index contributed by atoms with van der Waals surface area (Å²) in [5, 5.41) is 12.9. The van der Waals surface area contributed by atoms with Gasteiger partial charge in [0.05, 0.1) is 21.0 Å². The summed E-state index contributed by atoms with van der Waals surface area (Å²) in [5.74, 6) is -1.28. The number of hydrogen-bond acceptors (Lipinski definition) is 6. The normalized spacial score (nSPS) is 20.6. The van der Waals surface area contributed by atoms with E-state index in [0.29, 0.717) is 5.69 Å². The number of carbonyl (C=O) groups is 3. The summed E-state index contributed by atoms with van der Waals surface area (Å²) in [6.45, 7) is 4.07. The zero-order valence-electron chi connectivity index (χ0n) is 20.7. The maximum Gasteiger partial charge on any atom is 0.328 e. The zero-order chi connectivity index (χ0) is 26.7. The number of nitrogens with one attached hydrogen (secondary N) is 1. The first-order valence-electron chi connectivity index (χ1n) is 12.3. The number of rotatable bonds is 8. The average Bonchev–Trinajstić information content (AvgIpc) is 2.86. The minimum absolute atomic E-state index is 0.129. The summed E-state index contributed by atoms with van der Waals surface area (Å²) in [7, 11) is 0. The largest absolute Gasteiger partial charge is 0.480 e. The van der Waals surface area contributed by atoms with E-state index < -0.39 is 23.3 Å². The van der Waals surface area contributed by atoms with E-state index in [0.717, 1.165) is 43.4 Å². The second-order valence-electron chi connectivity index (χ2n) is 9.77. The standard InChI is InChI=1S/C27H29Cl2N3O4S/c1-15(2)37-22-23(27(24(22)33)10-4-3-5-11-27)32-20(26(35)36)12-16-6-8-17(9-7-16)31-25(34)21-18(28)13-30-14-19(21)29/h6-9,13-15,20,22H,3-5,10-12H2,1-2H3,(H,31,34)(H,35,36)/t20-,22?/m0/s1. The van der Waals surface area contributed by atoms with Crippen LogP contribution in [0.3, 0.4) is 0 Å². The molecule has 10 heteroatoms. The van der Waals surface area contributed by atoms with Crippen molar-refractivity contribution in [2.75, 3.05) is 5.32 Å². The minimum atomic E-state index is -1.02. The van der Waals surface area contributed by atoms with Crippen LogP contribution in [0.4, 0.5) is 5.69 Å². The lowest BCUT2D eigenvalue weighted by atomic mass is 9.58. The van der Waals surface area contributed by atoms with Gasteiger partial charge in [-0.25, -0.2) is 4.79 Å². The molecule has 7 nitrogen and oxygen atoms in total. The molecule has 4 rings (SSSR count). The number of carboxylic acid groups (broad SMARTS) is 1. The molecule has 2 fully saturated rings. The van der Waals surface area contributed by atoms with Crippen LogP contribution in [-0.4, -0.2) is 50.0 Å². The van der Waals surface area contributed by atoms with Crippen LogP contribution in [0.1, 0.15) is 61.9 Å². The third kappa shape index (κ3) is 5.86. The highest BCUT2D eigenvalue weighted by molar-refractivity contribution is 8.02. The Bertz CT molecular complexity index is 1210. The summed E-state index contributed by atoms with van der Waals surface area (Å²) in [5.41, 5.74) is 1.58. The molecule has 0 radical (unpaired) electrons. The molecular weight excluding hydrogens is 533 g/mol. The lowest BCUT2D eigenvalue weighted by Gasteiger charge is -2.50. The number of halogens is 2. The van der Waals surface area contributed by atoms with Crippen LogP contribution in [0.5, 0.6) is 0 Å². The molecule has 2 saturated carbocycles. The van der Waals surface area contributed by atoms with Gasteiger partial charge < -0.3 is 10.4 Å². The van der Waals surface area contributed by atoms with Crippen molar-refractivity contribution in [2.45, 2.75) is 68.9 Å². The highest BCUT2D eigenvalue weighted by Gasteiger charge is 2.59. The van der Waals surface area contributed by atoms with Crippen LogP contribution in [0.2, 0.25) is 10.0 Å². The predicted octanol–water partition coefficient (Wildman–Crippen LogP) is 6.12. The highest BCUT2D eigenvalue weighted by Crippen LogP contribution is 2.51. The number of carboxylic acids is 1. The van der Waals surface area contributed by atoms with E-state index >= 15 is 0 Å². The smallest absolute Gasteiger partial charge is 0.328 e. The number of pyridine rings is 1. The van der Waals surface area contributed by atoms with Crippen molar-refractivity contribution >= 4 is 64.0 Å². The number of benzene rings is 1. The van der Waals surface area contributed by atoms with Gasteiger partial charge >= 0.3 is 5.97 Å². The van der Waals surface area contributed by atoms with Crippen molar-refractivity contribution in [2.24, 2.45) is 10.4 Å². The number of ketones is 1. The van der Waals surface area contributed by atoms with Crippen LogP contribution in [0, 0.1) is 5.41 Å². The van der Waals surface area contributed by atoms with E-state index in [2.05, 4.69) is 10.3 Å². The van der Waals surface area contributed by atoms with Crippen molar-refractivity contribution in [3.8, 4) is 0 Å². The lowest BCUT2D eigenvalue weighted by molar-refractivity contribution is -0.138. The molecule has 1 heterocycles. The Labute approximate surface area is 230 Å². The first-order valence-corrected chi connectivity index (χ1v) is 14.0. The topological polar surface area (TPSA) is 109 Å². The van der Waals surface area contributed by atoms with Crippen molar-refractivity contribution in [3.05, 3.63) is 57.8 Å². The van der Waals surface area contributed by atoms with Gasteiger partial charge in [0.15, 0.2) is 11.8 Å². The summed E-state index contributed by atoms with van der Waals surface area (Å²) in [4.78, 5) is 46.6. The molecule has 1 amide bonds. The Morgan fingerprint density at radius 3 is 2.32 bits per heavy atom. The minimum Gasteiger partial charge on any atom is -0.480 e. The van der Waals surface area contributed by atoms with Gasteiger partial charge in [0.2, 0.25) is 0 Å². The van der Waals surface area contributed by atoms with Gasteiger partial charge in [-0.1, -0.05) is 68.4 Å². The fraction of sp³-hybridized carbons (Fsp3) is 0.444. The molecule has 2 N–H and O–H groups in total. The quantitative estimate of drug-likeness (QED) is 0.401. The molecule has 1 spiro atoms. The molecule has 0 bridgehead atoms. The highest BCUT2D eigenvalue weighted by atomic mass is 35.5. The van der Waals surface area contributed by atoms with Gasteiger partial charge in [-0.15, -0.1) is 11.8 Å². The molecule has 2 aliphatic carbocycles.